The van der Waals surface area contributed by atoms with Gasteiger partial charge in [-0.15, -0.1) is 0 Å². The summed E-state index contributed by atoms with van der Waals surface area (Å²) in [5.41, 5.74) is 0.996. The monoisotopic (exact) mass is 278 g/mol. The minimum absolute atomic E-state index is 0.0590. The maximum absolute atomic E-state index is 12.1. The highest BCUT2D eigenvalue weighted by atomic mass is 16.3. The molecule has 0 fully saturated rings. The molecule has 0 unspecified atom stereocenters. The van der Waals surface area contributed by atoms with Crippen molar-refractivity contribution in [2.24, 2.45) is 0 Å². The van der Waals surface area contributed by atoms with Gasteiger partial charge in [-0.05, 0) is 31.5 Å². The number of amides is 2. The molecule has 5 heteroatoms. The zero-order chi connectivity index (χ0) is 15.3. The van der Waals surface area contributed by atoms with Crippen molar-refractivity contribution in [1.29, 1.82) is 0 Å². The molecule has 0 saturated heterocycles. The Morgan fingerprint density at radius 1 is 1.25 bits per heavy atom. The van der Waals surface area contributed by atoms with E-state index in [1.807, 2.05) is 26.0 Å². The topological polar surface area (TPSA) is 69.6 Å². The average molecular weight is 278 g/mol. The summed E-state index contributed by atoms with van der Waals surface area (Å²) in [7, 11) is 1.68. The molecule has 0 heterocycles. The van der Waals surface area contributed by atoms with Crippen molar-refractivity contribution in [3.63, 3.8) is 0 Å². The van der Waals surface area contributed by atoms with Crippen LogP contribution in [0.2, 0.25) is 0 Å². The number of carbonyl (C=O) groups excluding carboxylic acids is 2. The van der Waals surface area contributed by atoms with Crippen LogP contribution in [0, 0.1) is 0 Å². The van der Waals surface area contributed by atoms with E-state index in [4.69, 9.17) is 0 Å². The van der Waals surface area contributed by atoms with Crippen LogP contribution in [0.15, 0.2) is 24.3 Å². The highest BCUT2D eigenvalue weighted by Crippen LogP contribution is 2.15. The van der Waals surface area contributed by atoms with Gasteiger partial charge in [0.15, 0.2) is 0 Å². The minimum atomic E-state index is -0.576. The van der Waals surface area contributed by atoms with Crippen molar-refractivity contribution in [3.05, 3.63) is 29.8 Å². The Hall–Kier alpha value is -1.88. The molecule has 0 bridgehead atoms. The second-order valence-corrected chi connectivity index (χ2v) is 5.48. The van der Waals surface area contributed by atoms with Crippen molar-refractivity contribution in [3.8, 4) is 0 Å². The molecule has 0 radical (unpaired) electrons. The molecule has 0 aliphatic carbocycles. The van der Waals surface area contributed by atoms with Gasteiger partial charge in [-0.25, -0.2) is 0 Å². The summed E-state index contributed by atoms with van der Waals surface area (Å²) in [5, 5.41) is 11.9. The summed E-state index contributed by atoms with van der Waals surface area (Å²) in [6, 6.07) is 7.15. The number of aliphatic hydroxyl groups excluding tert-OH is 1. The smallest absolute Gasteiger partial charge is 0.227 e. The van der Waals surface area contributed by atoms with Gasteiger partial charge in [0.25, 0.3) is 0 Å². The van der Waals surface area contributed by atoms with E-state index in [2.05, 4.69) is 5.32 Å². The third-order valence-electron chi connectivity index (χ3n) is 3.30. The Labute approximate surface area is 119 Å². The molecule has 110 valence electrons. The number of aliphatic hydroxyl groups is 1. The second kappa shape index (κ2) is 6.52. The zero-order valence-corrected chi connectivity index (χ0v) is 12.4. The lowest BCUT2D eigenvalue weighted by molar-refractivity contribution is -0.135. The molecule has 0 atom stereocenters. The van der Waals surface area contributed by atoms with Crippen molar-refractivity contribution in [1.82, 2.24) is 4.90 Å². The number of carbonyl (C=O) groups is 2. The molecule has 2 amide bonds. The van der Waals surface area contributed by atoms with Gasteiger partial charge in [-0.2, -0.15) is 0 Å². The van der Waals surface area contributed by atoms with Crippen molar-refractivity contribution >= 4 is 17.5 Å². The van der Waals surface area contributed by atoms with Gasteiger partial charge in [0.05, 0.1) is 18.6 Å². The summed E-state index contributed by atoms with van der Waals surface area (Å²) in [6.07, 6.45) is 0.264. The molecule has 0 spiro atoms. The van der Waals surface area contributed by atoms with E-state index >= 15 is 0 Å². The van der Waals surface area contributed by atoms with Gasteiger partial charge in [0, 0.05) is 19.7 Å². The quantitative estimate of drug-likeness (QED) is 0.855. The molecule has 5 nitrogen and oxygen atoms in total. The Kier molecular flexibility index (Phi) is 5.27. The van der Waals surface area contributed by atoms with Crippen LogP contribution < -0.4 is 5.32 Å². The van der Waals surface area contributed by atoms with Gasteiger partial charge in [-0.3, -0.25) is 9.59 Å². The summed E-state index contributed by atoms with van der Waals surface area (Å²) in [4.78, 5) is 24.6. The van der Waals surface area contributed by atoms with Crippen molar-refractivity contribution in [2.45, 2.75) is 32.7 Å². The lowest BCUT2D eigenvalue weighted by Crippen LogP contribution is -2.48. The number of rotatable bonds is 5. The van der Waals surface area contributed by atoms with Crippen LogP contribution in [0.1, 0.15) is 26.3 Å². The van der Waals surface area contributed by atoms with Crippen LogP contribution in [-0.2, 0) is 16.0 Å². The van der Waals surface area contributed by atoms with Crippen molar-refractivity contribution < 1.29 is 14.7 Å². The van der Waals surface area contributed by atoms with E-state index in [9.17, 15) is 14.7 Å². The Bertz CT molecular complexity index is 480. The molecule has 2 N–H and O–H groups in total. The zero-order valence-electron chi connectivity index (χ0n) is 12.4. The minimum Gasteiger partial charge on any atom is -0.394 e. The molecule has 20 heavy (non-hydrogen) atoms. The summed E-state index contributed by atoms with van der Waals surface area (Å²) < 4.78 is 0. The Morgan fingerprint density at radius 3 is 2.25 bits per heavy atom. The maximum Gasteiger partial charge on any atom is 0.227 e. The fraction of sp³-hybridized carbons (Fsp3) is 0.467. The molecule has 0 aromatic heterocycles. The largest absolute Gasteiger partial charge is 0.394 e. The van der Waals surface area contributed by atoms with Crippen LogP contribution in [0.4, 0.5) is 5.69 Å². The first-order valence-electron chi connectivity index (χ1n) is 6.50. The molecule has 0 aliphatic heterocycles. The highest BCUT2D eigenvalue weighted by molar-refractivity contribution is 5.88. The van der Waals surface area contributed by atoms with Crippen LogP contribution in [0.5, 0.6) is 0 Å². The summed E-state index contributed by atoms with van der Waals surface area (Å²) in [6.45, 7) is 4.98. The number of nitrogens with one attached hydrogen (secondary N) is 1. The highest BCUT2D eigenvalue weighted by Gasteiger charge is 2.26. The van der Waals surface area contributed by atoms with Gasteiger partial charge < -0.3 is 15.3 Å². The van der Waals surface area contributed by atoms with Gasteiger partial charge in [0.2, 0.25) is 11.8 Å². The molecule has 1 rings (SSSR count). The predicted molar refractivity (Wildman–Crippen MR) is 78.4 cm³/mol. The van der Waals surface area contributed by atoms with E-state index in [0.717, 1.165) is 5.56 Å². The van der Waals surface area contributed by atoms with Gasteiger partial charge in [0.1, 0.15) is 0 Å². The molecule has 1 aromatic rings. The SMILES string of the molecule is CC(=O)Nc1ccc(CC(=O)N(C)C(C)(C)CO)cc1. The van der Waals surface area contributed by atoms with Gasteiger partial charge in [-0.1, -0.05) is 12.1 Å². The standard InChI is InChI=1S/C15H22N2O3/c1-11(19)16-13-7-5-12(6-8-13)9-14(20)17(4)15(2,3)10-18/h5-8,18H,9-10H2,1-4H3,(H,16,19). The number of hydrogen-bond acceptors (Lipinski definition) is 3. The second-order valence-electron chi connectivity index (χ2n) is 5.48. The van der Waals surface area contributed by atoms with E-state index < -0.39 is 5.54 Å². The van der Waals surface area contributed by atoms with Crippen LogP contribution >= 0.6 is 0 Å². The first kappa shape index (κ1) is 16.2. The number of anilines is 1. The van der Waals surface area contributed by atoms with Gasteiger partial charge >= 0.3 is 0 Å². The lowest BCUT2D eigenvalue weighted by Gasteiger charge is -2.34. The number of benzene rings is 1. The normalized spacial score (nSPS) is 11.1. The third-order valence-corrected chi connectivity index (χ3v) is 3.30. The average Bonchev–Trinajstić information content (AvgIpc) is 2.39. The number of hydrogen-bond donors (Lipinski definition) is 2. The fourth-order valence-corrected chi connectivity index (χ4v) is 1.65. The predicted octanol–water partition coefficient (Wildman–Crippen LogP) is 1.42. The Morgan fingerprint density at radius 2 is 1.80 bits per heavy atom. The first-order valence-corrected chi connectivity index (χ1v) is 6.50. The summed E-state index contributed by atoms with van der Waals surface area (Å²) in [5.74, 6) is -0.186. The first-order chi connectivity index (χ1) is 9.26. The molecular formula is C15H22N2O3. The number of nitrogens with zero attached hydrogens (tertiary/aromatic N) is 1. The fourth-order valence-electron chi connectivity index (χ4n) is 1.65. The van der Waals surface area contributed by atoms with Crippen LogP contribution in [0.25, 0.3) is 0 Å². The number of likely N-dealkylation sites (N-methyl/N-ethyl adjacent to an activating group) is 1. The molecule has 0 saturated carbocycles. The van der Waals surface area contributed by atoms with E-state index in [1.165, 1.54) is 6.92 Å². The van der Waals surface area contributed by atoms with Crippen molar-refractivity contribution in [2.75, 3.05) is 19.0 Å². The third kappa shape index (κ3) is 4.35. The van der Waals surface area contributed by atoms with E-state index in [-0.39, 0.29) is 24.8 Å². The lowest BCUT2D eigenvalue weighted by atomic mass is 10.0. The van der Waals surface area contributed by atoms with Crippen LogP contribution in [-0.4, -0.2) is 41.0 Å². The van der Waals surface area contributed by atoms with E-state index in [0.29, 0.717) is 5.69 Å². The molecular weight excluding hydrogens is 256 g/mol. The van der Waals surface area contributed by atoms with Crippen LogP contribution in [0.3, 0.4) is 0 Å². The molecule has 1 aromatic carbocycles. The van der Waals surface area contributed by atoms with E-state index in [1.54, 1.807) is 24.1 Å². The summed E-state index contributed by atoms with van der Waals surface area (Å²) >= 11 is 0. The Balaban J connectivity index is 2.69. The molecule has 0 aliphatic rings. The maximum atomic E-state index is 12.1.